The van der Waals surface area contributed by atoms with Crippen LogP contribution >= 0.6 is 0 Å². The van der Waals surface area contributed by atoms with E-state index >= 15 is 0 Å². The van der Waals surface area contributed by atoms with Gasteiger partial charge in [-0.3, -0.25) is 13.9 Å². The Kier molecular flexibility index (Phi) is 8.83. The summed E-state index contributed by atoms with van der Waals surface area (Å²) >= 11 is 0. The fourth-order valence-electron chi connectivity index (χ4n) is 3.31. The molecule has 0 heterocycles. The Balaban J connectivity index is 2.35. The fourth-order valence-corrected chi connectivity index (χ4v) is 4.16. The summed E-state index contributed by atoms with van der Waals surface area (Å²) in [6, 6.07) is 13.9. The second kappa shape index (κ2) is 11.1. The van der Waals surface area contributed by atoms with Crippen molar-refractivity contribution in [1.82, 2.24) is 10.2 Å². The number of carbonyl (C=O) groups is 2. The molecule has 2 amide bonds. The average Bonchev–Trinajstić information content (AvgIpc) is 2.73. The Morgan fingerprint density at radius 3 is 2.25 bits per heavy atom. The van der Waals surface area contributed by atoms with Crippen LogP contribution in [0.25, 0.3) is 0 Å². The van der Waals surface area contributed by atoms with E-state index in [0.29, 0.717) is 12.2 Å². The molecule has 8 heteroatoms. The molecule has 0 saturated heterocycles. The van der Waals surface area contributed by atoms with Gasteiger partial charge in [-0.2, -0.15) is 0 Å². The molecule has 0 radical (unpaired) electrons. The summed E-state index contributed by atoms with van der Waals surface area (Å²) in [7, 11) is -3.71. The third kappa shape index (κ3) is 7.09. The lowest BCUT2D eigenvalue weighted by molar-refractivity contribution is -0.139. The molecule has 2 aromatic carbocycles. The second-order valence-corrected chi connectivity index (χ2v) is 9.99. The van der Waals surface area contributed by atoms with Gasteiger partial charge in [0.05, 0.1) is 11.9 Å². The molecule has 32 heavy (non-hydrogen) atoms. The van der Waals surface area contributed by atoms with E-state index in [1.54, 1.807) is 31.2 Å². The van der Waals surface area contributed by atoms with Crippen LogP contribution in [0.15, 0.2) is 48.5 Å². The van der Waals surface area contributed by atoms with Crippen molar-refractivity contribution in [3.63, 3.8) is 0 Å². The number of rotatable bonds is 10. The van der Waals surface area contributed by atoms with E-state index in [2.05, 4.69) is 5.32 Å². The molecule has 0 fully saturated rings. The Bertz CT molecular complexity index is 1040. The van der Waals surface area contributed by atoms with Crippen LogP contribution in [0.2, 0.25) is 0 Å². The van der Waals surface area contributed by atoms with Crippen LogP contribution in [0, 0.1) is 13.8 Å². The molecule has 0 aromatic heterocycles. The van der Waals surface area contributed by atoms with Gasteiger partial charge >= 0.3 is 0 Å². The van der Waals surface area contributed by atoms with E-state index in [9.17, 15) is 18.0 Å². The van der Waals surface area contributed by atoms with Gasteiger partial charge in [-0.15, -0.1) is 0 Å². The molecule has 0 saturated carbocycles. The molecule has 0 unspecified atom stereocenters. The fraction of sp³-hybridized carbons (Fsp3) is 0.417. The first-order chi connectivity index (χ1) is 15.0. The lowest BCUT2D eigenvalue weighted by atomic mass is 10.1. The van der Waals surface area contributed by atoms with Gasteiger partial charge in [0, 0.05) is 13.1 Å². The first-order valence-corrected chi connectivity index (χ1v) is 12.5. The molecule has 174 valence electrons. The zero-order valence-electron chi connectivity index (χ0n) is 19.5. The highest BCUT2D eigenvalue weighted by Gasteiger charge is 2.29. The quantitative estimate of drug-likeness (QED) is 0.592. The second-order valence-electron chi connectivity index (χ2n) is 8.08. The van der Waals surface area contributed by atoms with Gasteiger partial charge in [0.15, 0.2) is 0 Å². The number of hydrogen-bond donors (Lipinski definition) is 1. The Morgan fingerprint density at radius 2 is 1.69 bits per heavy atom. The highest BCUT2D eigenvalue weighted by molar-refractivity contribution is 7.92. The molecule has 7 nitrogen and oxygen atoms in total. The van der Waals surface area contributed by atoms with E-state index in [-0.39, 0.29) is 19.0 Å². The van der Waals surface area contributed by atoms with Crippen molar-refractivity contribution in [1.29, 1.82) is 0 Å². The van der Waals surface area contributed by atoms with Crippen molar-refractivity contribution < 1.29 is 18.0 Å². The topological polar surface area (TPSA) is 86.8 Å². The molecule has 1 N–H and O–H groups in total. The first kappa shape index (κ1) is 25.4. The van der Waals surface area contributed by atoms with Crippen LogP contribution in [-0.2, 0) is 26.2 Å². The van der Waals surface area contributed by atoms with Crippen LogP contribution in [0.1, 0.15) is 37.0 Å². The molecule has 1 atom stereocenters. The van der Waals surface area contributed by atoms with E-state index in [0.717, 1.165) is 33.7 Å². The summed E-state index contributed by atoms with van der Waals surface area (Å²) in [4.78, 5) is 27.5. The standard InChI is InChI=1S/C24H33N3O4S/c1-6-14-25-24(29)20(4)26(16-21-9-7-8-19(3)15-21)23(28)17-27(32(5,30)31)22-12-10-18(2)11-13-22/h7-13,15,20H,6,14,16-17H2,1-5H3,(H,25,29)/t20-/m1/s1. The van der Waals surface area contributed by atoms with Crippen molar-refractivity contribution in [2.45, 2.75) is 46.7 Å². The number of hydrogen-bond acceptors (Lipinski definition) is 4. The highest BCUT2D eigenvalue weighted by atomic mass is 32.2. The zero-order chi connectivity index (χ0) is 23.9. The Labute approximate surface area is 191 Å². The summed E-state index contributed by atoms with van der Waals surface area (Å²) in [6.45, 7) is 7.79. The normalized spacial score (nSPS) is 12.2. The number of nitrogens with zero attached hydrogens (tertiary/aromatic N) is 2. The summed E-state index contributed by atoms with van der Waals surface area (Å²) in [5, 5.41) is 2.82. The summed E-state index contributed by atoms with van der Waals surface area (Å²) in [5.74, 6) is -0.717. The zero-order valence-corrected chi connectivity index (χ0v) is 20.3. The van der Waals surface area contributed by atoms with Gasteiger partial charge in [-0.25, -0.2) is 8.42 Å². The number of nitrogens with one attached hydrogen (secondary N) is 1. The third-order valence-electron chi connectivity index (χ3n) is 5.15. The van der Waals surface area contributed by atoms with E-state index in [1.807, 2.05) is 45.0 Å². The first-order valence-electron chi connectivity index (χ1n) is 10.7. The molecule has 0 bridgehead atoms. The Hall–Kier alpha value is -2.87. The lowest BCUT2D eigenvalue weighted by Crippen LogP contribution is -2.51. The van der Waals surface area contributed by atoms with Gasteiger partial charge < -0.3 is 10.2 Å². The molecular weight excluding hydrogens is 426 g/mol. The minimum atomic E-state index is -3.71. The number of carbonyl (C=O) groups excluding carboxylic acids is 2. The van der Waals surface area contributed by atoms with Crippen molar-refractivity contribution >= 4 is 27.5 Å². The van der Waals surface area contributed by atoms with Crippen LogP contribution in [-0.4, -0.2) is 50.5 Å². The van der Waals surface area contributed by atoms with Crippen molar-refractivity contribution in [3.8, 4) is 0 Å². The molecular formula is C24H33N3O4S. The van der Waals surface area contributed by atoms with Crippen LogP contribution in [0.4, 0.5) is 5.69 Å². The van der Waals surface area contributed by atoms with Crippen molar-refractivity contribution in [3.05, 3.63) is 65.2 Å². The van der Waals surface area contributed by atoms with Crippen LogP contribution in [0.3, 0.4) is 0 Å². The van der Waals surface area contributed by atoms with Crippen molar-refractivity contribution in [2.75, 3.05) is 23.7 Å². The number of aryl methyl sites for hydroxylation is 2. The van der Waals surface area contributed by atoms with Gasteiger partial charge in [-0.1, -0.05) is 54.4 Å². The van der Waals surface area contributed by atoms with Gasteiger partial charge in [-0.05, 0) is 44.9 Å². The van der Waals surface area contributed by atoms with Gasteiger partial charge in [0.2, 0.25) is 21.8 Å². The van der Waals surface area contributed by atoms with Crippen LogP contribution in [0.5, 0.6) is 0 Å². The number of sulfonamides is 1. The predicted molar refractivity (Wildman–Crippen MR) is 128 cm³/mol. The maximum atomic E-state index is 13.4. The molecule has 0 aliphatic rings. The largest absolute Gasteiger partial charge is 0.354 e. The van der Waals surface area contributed by atoms with Crippen molar-refractivity contribution in [2.24, 2.45) is 0 Å². The lowest BCUT2D eigenvalue weighted by Gasteiger charge is -2.31. The minimum Gasteiger partial charge on any atom is -0.354 e. The molecule has 0 spiro atoms. The monoisotopic (exact) mass is 459 g/mol. The molecule has 2 aromatic rings. The van der Waals surface area contributed by atoms with Gasteiger partial charge in [0.1, 0.15) is 12.6 Å². The smallest absolute Gasteiger partial charge is 0.244 e. The highest BCUT2D eigenvalue weighted by Crippen LogP contribution is 2.20. The minimum absolute atomic E-state index is 0.201. The number of anilines is 1. The molecule has 0 aliphatic heterocycles. The average molecular weight is 460 g/mol. The SMILES string of the molecule is CCCNC(=O)[C@@H](C)N(Cc1cccc(C)c1)C(=O)CN(c1ccc(C)cc1)S(C)(=O)=O. The summed E-state index contributed by atoms with van der Waals surface area (Å²) in [5.41, 5.74) is 3.30. The predicted octanol–water partition coefficient (Wildman–Crippen LogP) is 3.01. The number of benzene rings is 2. The third-order valence-corrected chi connectivity index (χ3v) is 6.29. The van der Waals surface area contributed by atoms with E-state index in [4.69, 9.17) is 0 Å². The maximum absolute atomic E-state index is 13.4. The molecule has 0 aliphatic carbocycles. The van der Waals surface area contributed by atoms with Gasteiger partial charge in [0.25, 0.3) is 0 Å². The summed E-state index contributed by atoms with van der Waals surface area (Å²) in [6.07, 6.45) is 1.85. The van der Waals surface area contributed by atoms with Crippen LogP contribution < -0.4 is 9.62 Å². The van der Waals surface area contributed by atoms with E-state index < -0.39 is 22.0 Å². The summed E-state index contributed by atoms with van der Waals surface area (Å²) < 4.78 is 26.1. The molecule has 2 rings (SSSR count). The Morgan fingerprint density at radius 1 is 1.03 bits per heavy atom. The number of amides is 2. The van der Waals surface area contributed by atoms with E-state index in [1.165, 1.54) is 4.90 Å². The maximum Gasteiger partial charge on any atom is 0.244 e.